The molecule has 10 nitrogen and oxygen atoms in total. The highest BCUT2D eigenvalue weighted by molar-refractivity contribution is 5.89. The second kappa shape index (κ2) is 27.9. The number of amides is 4. The smallest absolute Gasteiger partial charge is 0.319 e. The van der Waals surface area contributed by atoms with E-state index < -0.39 is 0 Å². The molecular weight excluding hydrogens is 1020 g/mol. The van der Waals surface area contributed by atoms with Crippen LogP contribution >= 0.6 is 0 Å². The van der Waals surface area contributed by atoms with Crippen LogP contribution in [0.5, 0.6) is 23.0 Å². The number of nitrogens with one attached hydrogen (secondary N) is 4. The third kappa shape index (κ3) is 17.5. The zero-order chi connectivity index (χ0) is 59.2. The lowest BCUT2D eigenvalue weighted by Crippen LogP contribution is -2.29. The molecule has 1 aliphatic rings. The molecule has 0 fully saturated rings. The summed E-state index contributed by atoms with van der Waals surface area (Å²) in [6.45, 7) is 35.1. The molecule has 0 atom stereocenters. The van der Waals surface area contributed by atoms with Crippen LogP contribution in [0.25, 0.3) is 0 Å². The van der Waals surface area contributed by atoms with Crippen LogP contribution in [0.4, 0.5) is 21.0 Å². The third-order valence-electron chi connectivity index (χ3n) is 15.1. The quantitative estimate of drug-likeness (QED) is 0.0565. The number of unbranched alkanes of at least 4 members (excludes halogenated alkanes) is 2. The maximum atomic E-state index is 12.8. The Kier molecular flexibility index (Phi) is 21.3. The summed E-state index contributed by atoms with van der Waals surface area (Å²) >= 11 is 0. The van der Waals surface area contributed by atoms with E-state index in [1.54, 1.807) is 0 Å². The number of ether oxygens (including phenoxy) is 4. The van der Waals surface area contributed by atoms with Crippen molar-refractivity contribution in [1.29, 1.82) is 0 Å². The van der Waals surface area contributed by atoms with E-state index in [0.717, 1.165) is 117 Å². The number of rotatable bonds is 20. The first-order chi connectivity index (χ1) is 38.9. The lowest BCUT2D eigenvalue weighted by atomic mass is 9.79. The Morgan fingerprint density at radius 2 is 0.610 bits per heavy atom. The molecule has 4 N–H and O–H groups in total. The molecule has 440 valence electrons. The summed E-state index contributed by atoms with van der Waals surface area (Å²) in [5.74, 6) is 3.62. The fourth-order valence-corrected chi connectivity index (χ4v) is 10.4. The molecule has 82 heavy (non-hydrogen) atoms. The first-order valence-corrected chi connectivity index (χ1v) is 30.3. The first-order valence-electron chi connectivity index (χ1n) is 30.3. The zero-order valence-electron chi connectivity index (χ0n) is 52.2. The Hall–Kier alpha value is -6.94. The standard InChI is InChI=1S/C72H96N4O6/c1-15-33-79-63-49-37-53-45-59(71(9,10)11)47-55(65(53)81-35-25-23-31-73-67(77)75-61-27-19-17-20-28-61)39-51-43-58(70(6,7)8)44-52(64(51)80-34-16-2)40-56-48-60(72(12,13)14)46-54(38-50(63)42-57(41-49)69(3,4)5)66(56)82-36-26-24-32-74-68(78)76-62-29-21-18-22-30-62/h17-22,27-30,41-48H,15-16,23-26,31-40H2,1-14H3,(H2,73,75,77)(H2,74,76,78). The van der Waals surface area contributed by atoms with Crippen molar-refractivity contribution in [2.45, 2.75) is 183 Å². The molecule has 0 saturated carbocycles. The molecule has 0 radical (unpaired) electrons. The largest absolute Gasteiger partial charge is 0.493 e. The monoisotopic (exact) mass is 1110 g/mol. The van der Waals surface area contributed by atoms with E-state index in [-0.39, 0.29) is 33.7 Å². The molecule has 1 aliphatic carbocycles. The predicted octanol–water partition coefficient (Wildman–Crippen LogP) is 17.1. The van der Waals surface area contributed by atoms with Crippen molar-refractivity contribution in [3.05, 3.63) is 176 Å². The van der Waals surface area contributed by atoms with Crippen molar-refractivity contribution >= 4 is 23.4 Å². The molecule has 0 spiro atoms. The molecule has 7 rings (SSSR count). The van der Waals surface area contributed by atoms with E-state index >= 15 is 0 Å². The lowest BCUT2D eigenvalue weighted by Gasteiger charge is -2.29. The number of para-hydroxylation sites is 2. The molecule has 8 bridgehead atoms. The minimum atomic E-state index is -0.220. The van der Waals surface area contributed by atoms with Crippen molar-refractivity contribution in [3.63, 3.8) is 0 Å². The number of urea groups is 2. The Bertz CT molecular complexity index is 2780. The summed E-state index contributed by atoms with van der Waals surface area (Å²) in [7, 11) is 0. The van der Waals surface area contributed by atoms with Crippen LogP contribution in [0.1, 0.15) is 202 Å². The molecule has 6 aromatic rings. The van der Waals surface area contributed by atoms with E-state index in [1.165, 1.54) is 22.3 Å². The second-order valence-electron chi connectivity index (χ2n) is 26.5. The third-order valence-corrected chi connectivity index (χ3v) is 15.1. The fraction of sp³-hybridized carbons (Fsp3) is 0.472. The molecule has 6 aromatic carbocycles. The molecule has 0 saturated heterocycles. The van der Waals surface area contributed by atoms with E-state index in [9.17, 15) is 9.59 Å². The van der Waals surface area contributed by atoms with Gasteiger partial charge in [0.1, 0.15) is 23.0 Å². The molecule has 0 aromatic heterocycles. The van der Waals surface area contributed by atoms with Gasteiger partial charge in [0.2, 0.25) is 0 Å². The molecular formula is C72H96N4O6. The average Bonchev–Trinajstić information content (AvgIpc) is 3.54. The SMILES string of the molecule is CCCOc1c2cc(C(C)(C)C)cc1Cc1cc(C(C)(C)C)cc(c1OCCCCNC(=O)Nc1ccccc1)Cc1cc(C(C)(C)C)cc(c1OCCC)Cc1cc(C(C)(C)C)cc(c1OCCCCNC(=O)Nc1ccccc1)C2. The van der Waals surface area contributed by atoms with Crippen LogP contribution in [0, 0.1) is 0 Å². The molecule has 4 amide bonds. The van der Waals surface area contributed by atoms with Crippen molar-refractivity contribution in [2.75, 3.05) is 50.2 Å². The van der Waals surface area contributed by atoms with Gasteiger partial charge in [0, 0.05) is 50.1 Å². The van der Waals surface area contributed by atoms with Gasteiger partial charge in [0.15, 0.2) is 0 Å². The van der Waals surface area contributed by atoms with Gasteiger partial charge < -0.3 is 40.2 Å². The predicted molar refractivity (Wildman–Crippen MR) is 340 cm³/mol. The van der Waals surface area contributed by atoms with Gasteiger partial charge in [-0.15, -0.1) is 0 Å². The number of carbonyl (C=O) groups excluding carboxylic acids is 2. The van der Waals surface area contributed by atoms with Gasteiger partial charge in [-0.3, -0.25) is 0 Å². The number of hydrogen-bond acceptors (Lipinski definition) is 6. The van der Waals surface area contributed by atoms with Crippen LogP contribution in [0.2, 0.25) is 0 Å². The molecule has 0 heterocycles. The zero-order valence-corrected chi connectivity index (χ0v) is 52.2. The van der Waals surface area contributed by atoms with E-state index in [4.69, 9.17) is 18.9 Å². The lowest BCUT2D eigenvalue weighted by molar-refractivity contribution is 0.250. The summed E-state index contributed by atoms with van der Waals surface area (Å²) in [4.78, 5) is 25.7. The topological polar surface area (TPSA) is 119 Å². The Morgan fingerprint density at radius 3 is 0.841 bits per heavy atom. The van der Waals surface area contributed by atoms with E-state index in [1.807, 2.05) is 60.7 Å². The van der Waals surface area contributed by atoms with Gasteiger partial charge in [-0.05, 0) is 151 Å². The Morgan fingerprint density at radius 1 is 0.366 bits per heavy atom. The highest BCUT2D eigenvalue weighted by Gasteiger charge is 2.30. The summed E-state index contributed by atoms with van der Waals surface area (Å²) in [5.41, 5.74) is 14.7. The number of hydrogen-bond donors (Lipinski definition) is 4. The maximum absolute atomic E-state index is 12.8. The molecule has 0 aliphatic heterocycles. The van der Waals surface area contributed by atoms with Gasteiger partial charge in [-0.25, -0.2) is 9.59 Å². The van der Waals surface area contributed by atoms with Crippen LogP contribution < -0.4 is 40.2 Å². The Labute approximate surface area is 492 Å². The van der Waals surface area contributed by atoms with Crippen LogP contribution in [0.15, 0.2) is 109 Å². The normalized spacial score (nSPS) is 12.8. The van der Waals surface area contributed by atoms with Crippen LogP contribution in [-0.4, -0.2) is 51.6 Å². The van der Waals surface area contributed by atoms with E-state index in [0.29, 0.717) is 65.2 Å². The van der Waals surface area contributed by atoms with Gasteiger partial charge >= 0.3 is 12.1 Å². The summed E-state index contributed by atoms with van der Waals surface area (Å²) in [6.07, 6.45) is 7.06. The highest BCUT2D eigenvalue weighted by atomic mass is 16.5. The summed E-state index contributed by atoms with van der Waals surface area (Å²) < 4.78 is 28.6. The van der Waals surface area contributed by atoms with Crippen molar-refractivity contribution in [1.82, 2.24) is 10.6 Å². The number of fused-ring (bicyclic) bond motifs is 8. The van der Waals surface area contributed by atoms with Gasteiger partial charge in [-0.1, -0.05) is 182 Å². The van der Waals surface area contributed by atoms with Gasteiger partial charge in [-0.2, -0.15) is 0 Å². The molecule has 0 unspecified atom stereocenters. The fourth-order valence-electron chi connectivity index (χ4n) is 10.4. The van der Waals surface area contributed by atoms with Crippen molar-refractivity contribution in [2.24, 2.45) is 0 Å². The number of benzene rings is 6. The second-order valence-corrected chi connectivity index (χ2v) is 26.5. The number of anilines is 2. The summed E-state index contributed by atoms with van der Waals surface area (Å²) in [5, 5.41) is 12.0. The van der Waals surface area contributed by atoms with E-state index in [2.05, 4.69) is 167 Å². The average molecular weight is 1110 g/mol. The molecule has 10 heteroatoms. The first kappa shape index (κ1) is 62.7. The van der Waals surface area contributed by atoms with Gasteiger partial charge in [0.25, 0.3) is 0 Å². The summed E-state index contributed by atoms with van der Waals surface area (Å²) in [6, 6.07) is 37.7. The van der Waals surface area contributed by atoms with Crippen molar-refractivity contribution < 1.29 is 28.5 Å². The van der Waals surface area contributed by atoms with Crippen molar-refractivity contribution in [3.8, 4) is 23.0 Å². The maximum Gasteiger partial charge on any atom is 0.319 e. The minimum absolute atomic E-state index is 0.174. The van der Waals surface area contributed by atoms with Crippen LogP contribution in [0.3, 0.4) is 0 Å². The van der Waals surface area contributed by atoms with Crippen LogP contribution in [-0.2, 0) is 47.3 Å². The minimum Gasteiger partial charge on any atom is -0.493 e. The van der Waals surface area contributed by atoms with Gasteiger partial charge in [0.05, 0.1) is 26.4 Å². The number of carbonyl (C=O) groups is 2. The highest BCUT2D eigenvalue weighted by Crippen LogP contribution is 2.45. The Balaban J connectivity index is 1.39.